The molecule has 1 heterocycles. The summed E-state index contributed by atoms with van der Waals surface area (Å²) in [6.45, 7) is 0.305. The number of rotatable bonds is 10. The highest BCUT2D eigenvalue weighted by atomic mass is 16.2. The van der Waals surface area contributed by atoms with Gasteiger partial charge in [-0.05, 0) is 57.8 Å². The van der Waals surface area contributed by atoms with E-state index >= 15 is 0 Å². The third-order valence-corrected chi connectivity index (χ3v) is 7.19. The van der Waals surface area contributed by atoms with E-state index in [-0.39, 0.29) is 11.8 Å². The van der Waals surface area contributed by atoms with Crippen molar-refractivity contribution in [3.05, 3.63) is 120 Å². The number of benzene rings is 4. The maximum absolute atomic E-state index is 13.5. The van der Waals surface area contributed by atoms with Gasteiger partial charge in [-0.1, -0.05) is 84.9 Å². The summed E-state index contributed by atoms with van der Waals surface area (Å²) >= 11 is 0. The Bertz CT molecular complexity index is 1630. The van der Waals surface area contributed by atoms with Crippen molar-refractivity contribution in [2.45, 2.75) is 37.9 Å². The number of nitrogen functional groups attached to an aromatic ring is 1. The monoisotopic (exact) mass is 531 g/mol. The smallest absolute Gasteiger partial charge is 0.243 e. The number of amides is 2. The highest BCUT2D eigenvalue weighted by Gasteiger charge is 2.25. The maximum atomic E-state index is 13.5. The first-order valence-corrected chi connectivity index (χ1v) is 13.5. The zero-order valence-corrected chi connectivity index (χ0v) is 22.2. The van der Waals surface area contributed by atoms with E-state index in [0.717, 1.165) is 38.2 Å². The molecule has 0 fully saturated rings. The lowest BCUT2D eigenvalue weighted by molar-refractivity contribution is -0.129. The van der Waals surface area contributed by atoms with Crippen LogP contribution in [0.4, 0.5) is 5.82 Å². The number of nitrogens with one attached hydrogen (secondary N) is 2. The Kier molecular flexibility index (Phi) is 8.32. The minimum atomic E-state index is -0.790. The van der Waals surface area contributed by atoms with Crippen LogP contribution in [0.2, 0.25) is 0 Å². The minimum absolute atomic E-state index is 0.272. The van der Waals surface area contributed by atoms with Crippen LogP contribution < -0.4 is 22.1 Å². The van der Waals surface area contributed by atoms with Crippen LogP contribution in [0, 0.1) is 0 Å². The van der Waals surface area contributed by atoms with Crippen molar-refractivity contribution in [3.63, 3.8) is 0 Å². The molecule has 0 saturated heterocycles. The van der Waals surface area contributed by atoms with Gasteiger partial charge in [-0.15, -0.1) is 0 Å². The van der Waals surface area contributed by atoms with E-state index in [0.29, 0.717) is 31.6 Å². The third kappa shape index (κ3) is 6.45. The second-order valence-electron chi connectivity index (χ2n) is 10.0. The largest absolute Gasteiger partial charge is 0.383 e. The van der Waals surface area contributed by atoms with Crippen molar-refractivity contribution < 1.29 is 9.59 Å². The molecule has 0 aliphatic carbocycles. The average Bonchev–Trinajstić information content (AvgIpc) is 2.99. The highest BCUT2D eigenvalue weighted by molar-refractivity contribution is 5.92. The molecule has 7 heteroatoms. The predicted octanol–water partition coefficient (Wildman–Crippen LogP) is 4.27. The molecule has 5 rings (SSSR count). The Morgan fingerprint density at radius 1 is 0.775 bits per heavy atom. The van der Waals surface area contributed by atoms with E-state index in [1.54, 1.807) is 6.20 Å². The van der Waals surface area contributed by atoms with Gasteiger partial charge in [0.15, 0.2) is 0 Å². The number of fused-ring (bicyclic) bond motifs is 2. The molecule has 5 aromatic rings. The van der Waals surface area contributed by atoms with Crippen molar-refractivity contribution in [3.8, 4) is 0 Å². The molecule has 0 bridgehead atoms. The van der Waals surface area contributed by atoms with Crippen LogP contribution in [0.25, 0.3) is 21.5 Å². The van der Waals surface area contributed by atoms with E-state index in [2.05, 4.69) is 15.6 Å². The Hall–Kier alpha value is -4.75. The molecular weight excluding hydrogens is 498 g/mol. The Labute approximate surface area is 233 Å². The lowest BCUT2D eigenvalue weighted by Gasteiger charge is -2.22. The summed E-state index contributed by atoms with van der Waals surface area (Å²) < 4.78 is 0. The summed E-state index contributed by atoms with van der Waals surface area (Å²) in [5, 5.41) is 9.88. The molecule has 40 heavy (non-hydrogen) atoms. The first kappa shape index (κ1) is 26.8. The fraction of sp³-hybridized carbons (Fsp3) is 0.182. The Morgan fingerprint density at radius 3 is 2.40 bits per heavy atom. The van der Waals surface area contributed by atoms with E-state index in [1.807, 2.05) is 97.1 Å². The Morgan fingerprint density at radius 2 is 1.55 bits per heavy atom. The number of hydrogen-bond acceptors (Lipinski definition) is 5. The molecule has 0 aliphatic rings. The molecule has 0 saturated carbocycles. The van der Waals surface area contributed by atoms with Gasteiger partial charge in [-0.2, -0.15) is 0 Å². The van der Waals surface area contributed by atoms with Gasteiger partial charge in [-0.3, -0.25) is 9.59 Å². The standard InChI is InChI=1S/C33H33N5O2/c34-29(16-14-22-7-2-1-3-8-22)32(39)38-30(20-25-11-6-10-24-9-4-5-12-27(24)25)33(40)37-21-23-13-15-28-26(19-23)17-18-36-31(28)35/h1-13,15,17-19,29-30H,14,16,20-21,34H2,(H2,35,36)(H,37,40)(H,38,39). The summed E-state index contributed by atoms with van der Waals surface area (Å²) in [6.07, 6.45) is 3.16. The number of carbonyl (C=O) groups excluding carboxylic acids is 2. The number of hydrogen-bond donors (Lipinski definition) is 4. The first-order valence-electron chi connectivity index (χ1n) is 13.5. The molecule has 2 unspecified atom stereocenters. The molecule has 4 aromatic carbocycles. The third-order valence-electron chi connectivity index (χ3n) is 7.19. The highest BCUT2D eigenvalue weighted by Crippen LogP contribution is 2.21. The predicted molar refractivity (Wildman–Crippen MR) is 160 cm³/mol. The Balaban J connectivity index is 1.31. The normalized spacial score (nSPS) is 12.6. The first-order chi connectivity index (χ1) is 19.5. The van der Waals surface area contributed by atoms with Crippen molar-refractivity contribution in [1.82, 2.24) is 15.6 Å². The van der Waals surface area contributed by atoms with E-state index in [9.17, 15) is 9.59 Å². The zero-order chi connectivity index (χ0) is 27.9. The van der Waals surface area contributed by atoms with Crippen molar-refractivity contribution >= 4 is 39.2 Å². The van der Waals surface area contributed by atoms with Crippen LogP contribution in [0.15, 0.2) is 103 Å². The van der Waals surface area contributed by atoms with Crippen LogP contribution in [0.3, 0.4) is 0 Å². The maximum Gasteiger partial charge on any atom is 0.243 e. The molecule has 202 valence electrons. The molecule has 0 aliphatic heterocycles. The van der Waals surface area contributed by atoms with Crippen molar-refractivity contribution in [1.29, 1.82) is 0 Å². The van der Waals surface area contributed by atoms with Gasteiger partial charge in [0, 0.05) is 24.5 Å². The van der Waals surface area contributed by atoms with Gasteiger partial charge in [0.25, 0.3) is 0 Å². The number of pyridine rings is 1. The number of nitrogens with two attached hydrogens (primary N) is 2. The molecular formula is C33H33N5O2. The minimum Gasteiger partial charge on any atom is -0.383 e. The molecule has 2 atom stereocenters. The molecule has 1 aromatic heterocycles. The topological polar surface area (TPSA) is 123 Å². The summed E-state index contributed by atoms with van der Waals surface area (Å²) in [5.41, 5.74) is 15.3. The van der Waals surface area contributed by atoms with Gasteiger partial charge in [0.1, 0.15) is 11.9 Å². The van der Waals surface area contributed by atoms with Gasteiger partial charge in [0.2, 0.25) is 11.8 Å². The van der Waals surface area contributed by atoms with Crippen LogP contribution in [-0.4, -0.2) is 28.9 Å². The van der Waals surface area contributed by atoms with Crippen LogP contribution in [-0.2, 0) is 29.0 Å². The summed E-state index contributed by atoms with van der Waals surface area (Å²) in [4.78, 5) is 30.8. The van der Waals surface area contributed by atoms with Gasteiger partial charge in [-0.25, -0.2) is 4.98 Å². The van der Waals surface area contributed by atoms with Crippen LogP contribution in [0.1, 0.15) is 23.1 Å². The number of carbonyl (C=O) groups is 2. The molecule has 0 radical (unpaired) electrons. The fourth-order valence-electron chi connectivity index (χ4n) is 4.95. The molecule has 7 nitrogen and oxygen atoms in total. The summed E-state index contributed by atoms with van der Waals surface area (Å²) in [7, 11) is 0. The van der Waals surface area contributed by atoms with Crippen LogP contribution >= 0.6 is 0 Å². The summed E-state index contributed by atoms with van der Waals surface area (Å²) in [5.74, 6) is -0.148. The fourth-order valence-corrected chi connectivity index (χ4v) is 4.95. The second kappa shape index (κ2) is 12.4. The summed E-state index contributed by atoms with van der Waals surface area (Å²) in [6, 6.07) is 30.1. The van der Waals surface area contributed by atoms with Crippen molar-refractivity contribution in [2.75, 3.05) is 5.73 Å². The number of nitrogens with zero attached hydrogens (tertiary/aromatic N) is 1. The van der Waals surface area contributed by atoms with Gasteiger partial charge in [0.05, 0.1) is 6.04 Å². The number of anilines is 1. The number of aryl methyl sites for hydroxylation is 1. The van der Waals surface area contributed by atoms with Gasteiger partial charge >= 0.3 is 0 Å². The van der Waals surface area contributed by atoms with E-state index in [1.165, 1.54) is 0 Å². The lowest BCUT2D eigenvalue weighted by Crippen LogP contribution is -2.52. The van der Waals surface area contributed by atoms with Gasteiger partial charge < -0.3 is 22.1 Å². The molecule has 0 spiro atoms. The lowest BCUT2D eigenvalue weighted by atomic mass is 9.97. The number of aromatic nitrogens is 1. The SMILES string of the molecule is Nc1nccc2cc(CNC(=O)C(Cc3cccc4ccccc34)NC(=O)C(N)CCc3ccccc3)ccc12. The quantitative estimate of drug-likeness (QED) is 0.214. The van der Waals surface area contributed by atoms with Crippen LogP contribution in [0.5, 0.6) is 0 Å². The molecule has 2 amide bonds. The van der Waals surface area contributed by atoms with Crippen molar-refractivity contribution in [2.24, 2.45) is 5.73 Å². The average molecular weight is 532 g/mol. The van der Waals surface area contributed by atoms with E-state index < -0.39 is 12.1 Å². The second-order valence-corrected chi connectivity index (χ2v) is 10.0. The van der Waals surface area contributed by atoms with E-state index in [4.69, 9.17) is 11.5 Å². The molecule has 6 N–H and O–H groups in total. The zero-order valence-electron chi connectivity index (χ0n) is 22.2.